The van der Waals surface area contributed by atoms with E-state index in [1.54, 1.807) is 0 Å². The van der Waals surface area contributed by atoms with E-state index in [0.29, 0.717) is 0 Å². The van der Waals surface area contributed by atoms with Crippen LogP contribution >= 0.6 is 11.6 Å². The molecule has 1 aromatic rings. The van der Waals surface area contributed by atoms with Gasteiger partial charge < -0.3 is 5.43 Å². The minimum absolute atomic E-state index is 0.0378. The standard InChI is InChI=1S/C8H8ClF3N2/c9-4-5-6(8(10,11)12)2-1-3-7(5)14-13/h1-3,14H,4,13H2. The SMILES string of the molecule is NNc1cccc(C(F)(F)F)c1CCl. The van der Waals surface area contributed by atoms with Gasteiger partial charge >= 0.3 is 6.18 Å². The molecule has 0 aliphatic rings. The average molecular weight is 225 g/mol. The van der Waals surface area contributed by atoms with E-state index in [4.69, 9.17) is 17.4 Å². The molecular formula is C8H8ClF3N2. The summed E-state index contributed by atoms with van der Waals surface area (Å²) in [5.41, 5.74) is 1.57. The Bertz CT molecular complexity index is 325. The molecule has 6 heteroatoms. The Morgan fingerprint density at radius 3 is 2.43 bits per heavy atom. The first-order chi connectivity index (χ1) is 6.50. The van der Waals surface area contributed by atoms with Gasteiger partial charge in [0.1, 0.15) is 0 Å². The Hall–Kier alpha value is -0.940. The Labute approximate surface area is 83.8 Å². The predicted octanol–water partition coefficient (Wildman–Crippen LogP) is 2.73. The van der Waals surface area contributed by atoms with Gasteiger partial charge in [-0.15, -0.1) is 11.6 Å². The van der Waals surface area contributed by atoms with Crippen LogP contribution in [-0.2, 0) is 12.1 Å². The van der Waals surface area contributed by atoms with E-state index in [0.717, 1.165) is 6.07 Å². The molecule has 0 aliphatic carbocycles. The molecule has 0 spiro atoms. The molecule has 0 fully saturated rings. The van der Waals surface area contributed by atoms with E-state index in [9.17, 15) is 13.2 Å². The minimum Gasteiger partial charge on any atom is -0.324 e. The van der Waals surface area contributed by atoms with E-state index in [1.807, 2.05) is 0 Å². The van der Waals surface area contributed by atoms with Crippen LogP contribution in [0.25, 0.3) is 0 Å². The van der Waals surface area contributed by atoms with Gasteiger partial charge in [-0.25, -0.2) is 0 Å². The van der Waals surface area contributed by atoms with Gasteiger partial charge in [0.15, 0.2) is 0 Å². The third-order valence-corrected chi connectivity index (χ3v) is 2.04. The topological polar surface area (TPSA) is 38.0 Å². The molecule has 78 valence electrons. The van der Waals surface area contributed by atoms with Crippen molar-refractivity contribution in [3.8, 4) is 0 Å². The zero-order valence-corrected chi connectivity index (χ0v) is 7.78. The highest BCUT2D eigenvalue weighted by Crippen LogP contribution is 2.35. The number of halogens is 4. The molecular weight excluding hydrogens is 217 g/mol. The van der Waals surface area contributed by atoms with Crippen LogP contribution in [0.2, 0.25) is 0 Å². The summed E-state index contributed by atoms with van der Waals surface area (Å²) in [7, 11) is 0. The van der Waals surface area contributed by atoms with E-state index < -0.39 is 11.7 Å². The van der Waals surface area contributed by atoms with Crippen LogP contribution in [0.4, 0.5) is 18.9 Å². The second kappa shape index (κ2) is 4.06. The molecule has 0 heterocycles. The number of rotatable bonds is 2. The number of nitrogens with one attached hydrogen (secondary N) is 1. The minimum atomic E-state index is -4.41. The predicted molar refractivity (Wildman–Crippen MR) is 48.8 cm³/mol. The van der Waals surface area contributed by atoms with Crippen molar-refractivity contribution in [1.82, 2.24) is 0 Å². The average Bonchev–Trinajstić information content (AvgIpc) is 2.15. The van der Waals surface area contributed by atoms with Crippen LogP contribution in [0, 0.1) is 0 Å². The molecule has 0 saturated carbocycles. The summed E-state index contributed by atoms with van der Waals surface area (Å²) in [6, 6.07) is 3.68. The Morgan fingerprint density at radius 2 is 2.00 bits per heavy atom. The van der Waals surface area contributed by atoms with Crippen LogP contribution < -0.4 is 11.3 Å². The molecule has 0 aromatic heterocycles. The fourth-order valence-electron chi connectivity index (χ4n) is 1.13. The second-order valence-electron chi connectivity index (χ2n) is 2.61. The highest BCUT2D eigenvalue weighted by Gasteiger charge is 2.33. The summed E-state index contributed by atoms with van der Waals surface area (Å²) in [5.74, 6) is 4.82. The third kappa shape index (κ3) is 2.10. The van der Waals surface area contributed by atoms with Gasteiger partial charge in [0.05, 0.1) is 17.1 Å². The lowest BCUT2D eigenvalue weighted by atomic mass is 10.1. The molecule has 0 bridgehead atoms. The zero-order valence-electron chi connectivity index (χ0n) is 7.03. The van der Waals surface area contributed by atoms with Crippen molar-refractivity contribution in [2.45, 2.75) is 12.1 Å². The Balaban J connectivity index is 3.29. The lowest BCUT2D eigenvalue weighted by Crippen LogP contribution is -2.14. The molecule has 0 unspecified atom stereocenters. The van der Waals surface area contributed by atoms with Crippen LogP contribution in [0.1, 0.15) is 11.1 Å². The lowest BCUT2D eigenvalue weighted by Gasteiger charge is -2.14. The maximum atomic E-state index is 12.4. The van der Waals surface area contributed by atoms with E-state index in [2.05, 4.69) is 5.43 Å². The summed E-state index contributed by atoms with van der Waals surface area (Å²) in [6.45, 7) is 0. The van der Waals surface area contributed by atoms with Gasteiger partial charge in [-0.05, 0) is 12.1 Å². The summed E-state index contributed by atoms with van der Waals surface area (Å²) < 4.78 is 37.3. The molecule has 1 rings (SSSR count). The highest BCUT2D eigenvalue weighted by atomic mass is 35.5. The van der Waals surface area contributed by atoms with Crippen molar-refractivity contribution in [2.24, 2.45) is 5.84 Å². The fourth-order valence-corrected chi connectivity index (χ4v) is 1.42. The summed E-state index contributed by atoms with van der Waals surface area (Å²) in [5, 5.41) is 0. The van der Waals surface area contributed by atoms with Crippen LogP contribution in [0.3, 0.4) is 0 Å². The maximum absolute atomic E-state index is 12.4. The fraction of sp³-hybridized carbons (Fsp3) is 0.250. The summed E-state index contributed by atoms with van der Waals surface area (Å²) in [4.78, 5) is 0. The third-order valence-electron chi connectivity index (χ3n) is 1.77. The van der Waals surface area contributed by atoms with Crippen molar-refractivity contribution in [1.29, 1.82) is 0 Å². The van der Waals surface area contributed by atoms with Crippen LogP contribution in [-0.4, -0.2) is 0 Å². The first kappa shape index (κ1) is 11.1. The molecule has 1 aromatic carbocycles. The summed E-state index contributed by atoms with van der Waals surface area (Å²) >= 11 is 5.43. The van der Waals surface area contributed by atoms with E-state index in [-0.39, 0.29) is 17.1 Å². The molecule has 14 heavy (non-hydrogen) atoms. The highest BCUT2D eigenvalue weighted by molar-refractivity contribution is 6.17. The van der Waals surface area contributed by atoms with Crippen LogP contribution in [0.15, 0.2) is 18.2 Å². The zero-order chi connectivity index (χ0) is 10.8. The normalized spacial score (nSPS) is 11.5. The second-order valence-corrected chi connectivity index (χ2v) is 2.87. The molecule has 2 nitrogen and oxygen atoms in total. The van der Waals surface area contributed by atoms with Gasteiger partial charge in [0.25, 0.3) is 0 Å². The number of alkyl halides is 4. The number of hydrogen-bond donors (Lipinski definition) is 2. The largest absolute Gasteiger partial charge is 0.416 e. The Morgan fingerprint density at radius 1 is 1.36 bits per heavy atom. The Kier molecular flexibility index (Phi) is 3.23. The van der Waals surface area contributed by atoms with Crippen molar-refractivity contribution < 1.29 is 13.2 Å². The molecule has 0 atom stereocenters. The lowest BCUT2D eigenvalue weighted by molar-refractivity contribution is -0.138. The maximum Gasteiger partial charge on any atom is 0.416 e. The van der Waals surface area contributed by atoms with Gasteiger partial charge in [-0.1, -0.05) is 6.07 Å². The number of benzene rings is 1. The molecule has 3 N–H and O–H groups in total. The van der Waals surface area contributed by atoms with Crippen molar-refractivity contribution in [3.05, 3.63) is 29.3 Å². The quantitative estimate of drug-likeness (QED) is 0.461. The van der Waals surface area contributed by atoms with Gasteiger partial charge in [-0.2, -0.15) is 13.2 Å². The number of nitrogen functional groups attached to an aromatic ring is 1. The van der Waals surface area contributed by atoms with Gasteiger partial charge in [-0.3, -0.25) is 5.84 Å². The molecule has 0 radical (unpaired) electrons. The van der Waals surface area contributed by atoms with E-state index >= 15 is 0 Å². The first-order valence-corrected chi connectivity index (χ1v) is 4.25. The van der Waals surface area contributed by atoms with Crippen molar-refractivity contribution >= 4 is 17.3 Å². The number of hydrazine groups is 1. The molecule has 0 saturated heterocycles. The number of nitrogens with two attached hydrogens (primary N) is 1. The number of hydrogen-bond acceptors (Lipinski definition) is 2. The van der Waals surface area contributed by atoms with Crippen molar-refractivity contribution in [3.63, 3.8) is 0 Å². The monoisotopic (exact) mass is 224 g/mol. The number of anilines is 1. The van der Waals surface area contributed by atoms with Gasteiger partial charge in [0, 0.05) is 5.56 Å². The molecule has 0 aliphatic heterocycles. The molecule has 0 amide bonds. The van der Waals surface area contributed by atoms with Crippen molar-refractivity contribution in [2.75, 3.05) is 5.43 Å². The van der Waals surface area contributed by atoms with Gasteiger partial charge in [0.2, 0.25) is 0 Å². The van der Waals surface area contributed by atoms with Crippen LogP contribution in [0.5, 0.6) is 0 Å². The summed E-state index contributed by atoms with van der Waals surface area (Å²) in [6.07, 6.45) is -4.41. The smallest absolute Gasteiger partial charge is 0.324 e. The first-order valence-electron chi connectivity index (χ1n) is 3.72. The van der Waals surface area contributed by atoms with E-state index in [1.165, 1.54) is 12.1 Å².